The molecule has 0 aliphatic rings. The van der Waals surface area contributed by atoms with Crippen LogP contribution < -0.4 is 16.6 Å². The third-order valence-electron chi connectivity index (χ3n) is 2.12. The van der Waals surface area contributed by atoms with Gasteiger partial charge in [0.25, 0.3) is 0 Å². The van der Waals surface area contributed by atoms with E-state index in [9.17, 15) is 0 Å². The molecule has 17 heavy (non-hydrogen) atoms. The molecule has 0 aromatic carbocycles. The SMILES string of the molecule is CSCC(C)CNc1cc(NN)nc(SC)n1. The van der Waals surface area contributed by atoms with E-state index in [0.29, 0.717) is 16.9 Å². The van der Waals surface area contributed by atoms with Crippen molar-refractivity contribution in [2.75, 3.05) is 35.6 Å². The van der Waals surface area contributed by atoms with Crippen LogP contribution in [-0.2, 0) is 0 Å². The van der Waals surface area contributed by atoms with Crippen LogP contribution in [-0.4, -0.2) is 34.8 Å². The molecular weight excluding hydrogens is 254 g/mol. The zero-order valence-corrected chi connectivity index (χ0v) is 12.0. The molecule has 0 spiro atoms. The first kappa shape index (κ1) is 14.4. The van der Waals surface area contributed by atoms with Gasteiger partial charge in [-0.1, -0.05) is 18.7 Å². The first-order valence-corrected chi connectivity index (χ1v) is 7.94. The number of thioether (sulfide) groups is 2. The number of nitrogen functional groups attached to an aromatic ring is 1. The van der Waals surface area contributed by atoms with E-state index in [1.807, 2.05) is 24.1 Å². The van der Waals surface area contributed by atoms with Gasteiger partial charge in [-0.2, -0.15) is 11.8 Å². The van der Waals surface area contributed by atoms with Gasteiger partial charge >= 0.3 is 0 Å². The highest BCUT2D eigenvalue weighted by atomic mass is 32.2. The molecule has 0 aliphatic heterocycles. The highest BCUT2D eigenvalue weighted by molar-refractivity contribution is 7.98. The molecule has 7 heteroatoms. The Morgan fingerprint density at radius 2 is 2.06 bits per heavy atom. The van der Waals surface area contributed by atoms with Crippen LogP contribution in [0, 0.1) is 5.92 Å². The van der Waals surface area contributed by atoms with E-state index in [4.69, 9.17) is 5.84 Å². The number of aromatic nitrogens is 2. The Morgan fingerprint density at radius 1 is 1.35 bits per heavy atom. The molecule has 0 aliphatic carbocycles. The second-order valence-electron chi connectivity index (χ2n) is 3.71. The molecule has 0 fully saturated rings. The lowest BCUT2D eigenvalue weighted by molar-refractivity contribution is 0.698. The Bertz CT molecular complexity index is 325. The van der Waals surface area contributed by atoms with Gasteiger partial charge in [-0.15, -0.1) is 0 Å². The number of nitrogens with two attached hydrogens (primary N) is 1. The summed E-state index contributed by atoms with van der Waals surface area (Å²) in [6.07, 6.45) is 4.05. The van der Waals surface area contributed by atoms with Gasteiger partial charge in [-0.05, 0) is 24.2 Å². The van der Waals surface area contributed by atoms with Gasteiger partial charge in [0.1, 0.15) is 11.6 Å². The number of hydrogen-bond donors (Lipinski definition) is 3. The van der Waals surface area contributed by atoms with Gasteiger partial charge in [-0.3, -0.25) is 0 Å². The fourth-order valence-corrected chi connectivity index (χ4v) is 2.37. The average Bonchev–Trinajstić information content (AvgIpc) is 2.36. The fourth-order valence-electron chi connectivity index (χ4n) is 1.30. The molecule has 0 saturated heterocycles. The molecular formula is C10H19N5S2. The Labute approximate surface area is 111 Å². The summed E-state index contributed by atoms with van der Waals surface area (Å²) in [7, 11) is 0. The summed E-state index contributed by atoms with van der Waals surface area (Å²) >= 11 is 3.35. The molecule has 0 bridgehead atoms. The van der Waals surface area contributed by atoms with Crippen LogP contribution in [0.3, 0.4) is 0 Å². The molecule has 1 heterocycles. The third kappa shape index (κ3) is 5.01. The maximum absolute atomic E-state index is 5.37. The monoisotopic (exact) mass is 273 g/mol. The summed E-state index contributed by atoms with van der Waals surface area (Å²) < 4.78 is 0. The molecule has 4 N–H and O–H groups in total. The molecule has 1 rings (SSSR count). The minimum absolute atomic E-state index is 0.604. The predicted octanol–water partition coefficient (Wildman–Crippen LogP) is 1.90. The van der Waals surface area contributed by atoms with Crippen molar-refractivity contribution in [2.45, 2.75) is 12.1 Å². The highest BCUT2D eigenvalue weighted by Crippen LogP contribution is 2.17. The summed E-state index contributed by atoms with van der Waals surface area (Å²) in [5, 5.41) is 4.01. The van der Waals surface area contributed by atoms with E-state index in [2.05, 4.69) is 33.9 Å². The van der Waals surface area contributed by atoms with Gasteiger partial charge in [0, 0.05) is 12.6 Å². The van der Waals surface area contributed by atoms with E-state index in [-0.39, 0.29) is 0 Å². The number of hydrazine groups is 1. The maximum atomic E-state index is 5.37. The summed E-state index contributed by atoms with van der Waals surface area (Å²) in [4.78, 5) is 8.58. The summed E-state index contributed by atoms with van der Waals surface area (Å²) in [6, 6.07) is 1.81. The molecule has 0 amide bonds. The molecule has 5 nitrogen and oxygen atoms in total. The van der Waals surface area contributed by atoms with E-state index in [0.717, 1.165) is 18.1 Å². The van der Waals surface area contributed by atoms with Crippen molar-refractivity contribution in [3.63, 3.8) is 0 Å². The van der Waals surface area contributed by atoms with Crippen LogP contribution in [0.25, 0.3) is 0 Å². The number of rotatable bonds is 7. The van der Waals surface area contributed by atoms with Crippen molar-refractivity contribution in [3.8, 4) is 0 Å². The Balaban J connectivity index is 2.63. The van der Waals surface area contributed by atoms with Crippen molar-refractivity contribution in [1.29, 1.82) is 0 Å². The number of nitrogens with zero attached hydrogens (tertiary/aromatic N) is 2. The van der Waals surface area contributed by atoms with Crippen LogP contribution in [0.1, 0.15) is 6.92 Å². The second-order valence-corrected chi connectivity index (χ2v) is 5.39. The molecule has 1 aromatic heterocycles. The van der Waals surface area contributed by atoms with E-state index in [1.165, 1.54) is 11.8 Å². The van der Waals surface area contributed by atoms with E-state index < -0.39 is 0 Å². The fraction of sp³-hybridized carbons (Fsp3) is 0.600. The first-order valence-electron chi connectivity index (χ1n) is 5.32. The molecule has 1 unspecified atom stereocenters. The van der Waals surface area contributed by atoms with Crippen molar-refractivity contribution in [2.24, 2.45) is 11.8 Å². The lowest BCUT2D eigenvalue weighted by atomic mass is 10.2. The highest BCUT2D eigenvalue weighted by Gasteiger charge is 2.05. The predicted molar refractivity (Wildman–Crippen MR) is 77.7 cm³/mol. The van der Waals surface area contributed by atoms with Gasteiger partial charge in [-0.25, -0.2) is 15.8 Å². The van der Waals surface area contributed by atoms with Crippen LogP contribution in [0.2, 0.25) is 0 Å². The largest absolute Gasteiger partial charge is 0.370 e. The summed E-state index contributed by atoms with van der Waals surface area (Å²) in [6.45, 7) is 3.11. The Hall–Kier alpha value is -0.660. The molecule has 0 radical (unpaired) electrons. The molecule has 96 valence electrons. The van der Waals surface area contributed by atoms with Gasteiger partial charge < -0.3 is 10.7 Å². The summed E-state index contributed by atoms with van der Waals surface area (Å²) in [5.41, 5.74) is 2.55. The molecule has 1 atom stereocenters. The van der Waals surface area contributed by atoms with Crippen LogP contribution in [0.15, 0.2) is 11.2 Å². The normalized spacial score (nSPS) is 12.2. The summed E-state index contributed by atoms with van der Waals surface area (Å²) in [5.74, 6) is 8.54. The number of nitrogens with one attached hydrogen (secondary N) is 2. The zero-order valence-electron chi connectivity index (χ0n) is 10.4. The quantitative estimate of drug-likeness (QED) is 0.303. The zero-order chi connectivity index (χ0) is 12.7. The molecule has 0 saturated carbocycles. The smallest absolute Gasteiger partial charge is 0.191 e. The van der Waals surface area contributed by atoms with Crippen LogP contribution >= 0.6 is 23.5 Å². The Kier molecular flexibility index (Phi) is 6.46. The minimum Gasteiger partial charge on any atom is -0.370 e. The average molecular weight is 273 g/mol. The number of hydrogen-bond acceptors (Lipinski definition) is 7. The van der Waals surface area contributed by atoms with Gasteiger partial charge in [0.2, 0.25) is 0 Å². The van der Waals surface area contributed by atoms with Crippen molar-refractivity contribution >= 4 is 35.2 Å². The van der Waals surface area contributed by atoms with Crippen molar-refractivity contribution in [3.05, 3.63) is 6.07 Å². The second kappa shape index (κ2) is 7.62. The van der Waals surface area contributed by atoms with E-state index in [1.54, 1.807) is 0 Å². The van der Waals surface area contributed by atoms with Gasteiger partial charge in [0.15, 0.2) is 5.16 Å². The van der Waals surface area contributed by atoms with Crippen LogP contribution in [0.5, 0.6) is 0 Å². The number of anilines is 2. The lowest BCUT2D eigenvalue weighted by Crippen LogP contribution is -2.15. The van der Waals surface area contributed by atoms with Crippen LogP contribution in [0.4, 0.5) is 11.6 Å². The topological polar surface area (TPSA) is 75.9 Å². The lowest BCUT2D eigenvalue weighted by Gasteiger charge is -2.12. The maximum Gasteiger partial charge on any atom is 0.191 e. The first-order chi connectivity index (χ1) is 8.19. The van der Waals surface area contributed by atoms with Crippen molar-refractivity contribution in [1.82, 2.24) is 9.97 Å². The Morgan fingerprint density at radius 3 is 2.65 bits per heavy atom. The molecule has 1 aromatic rings. The minimum atomic E-state index is 0.604. The van der Waals surface area contributed by atoms with Crippen molar-refractivity contribution < 1.29 is 0 Å². The van der Waals surface area contributed by atoms with E-state index >= 15 is 0 Å². The third-order valence-corrected chi connectivity index (χ3v) is 3.57. The standard InChI is InChI=1S/C10H19N5S2/c1-7(6-16-2)5-12-8-4-9(15-11)14-10(13-8)17-3/h4,7H,5-6,11H2,1-3H3,(H2,12,13,14,15). The van der Waals surface area contributed by atoms with Gasteiger partial charge in [0.05, 0.1) is 0 Å².